The van der Waals surface area contributed by atoms with Crippen molar-refractivity contribution in [1.29, 1.82) is 0 Å². The maximum Gasteiger partial charge on any atom is 0.250 e. The van der Waals surface area contributed by atoms with Crippen molar-refractivity contribution in [2.24, 2.45) is 5.73 Å². The van der Waals surface area contributed by atoms with Gasteiger partial charge in [-0.2, -0.15) is 0 Å². The highest BCUT2D eigenvalue weighted by Crippen LogP contribution is 2.06. The van der Waals surface area contributed by atoms with Crippen LogP contribution in [0.3, 0.4) is 0 Å². The fraction of sp³-hybridized carbons (Fsp3) is 0.417. The zero-order valence-electron chi connectivity index (χ0n) is 11.0. The molecule has 1 aromatic rings. The SMILES string of the molecule is COCCNC(=O)C(C)Nc1ccc(C(N)=O)cn1. The number of nitrogens with zero attached hydrogens (tertiary/aromatic N) is 1. The van der Waals surface area contributed by atoms with Gasteiger partial charge < -0.3 is 21.1 Å². The van der Waals surface area contributed by atoms with Gasteiger partial charge in [-0.3, -0.25) is 9.59 Å². The Labute approximate surface area is 111 Å². The number of hydrogen-bond donors (Lipinski definition) is 3. The zero-order chi connectivity index (χ0) is 14.3. The van der Waals surface area contributed by atoms with Crippen molar-refractivity contribution in [1.82, 2.24) is 10.3 Å². The topological polar surface area (TPSA) is 106 Å². The number of nitrogens with one attached hydrogen (secondary N) is 2. The van der Waals surface area contributed by atoms with Gasteiger partial charge in [-0.05, 0) is 19.1 Å². The molecule has 19 heavy (non-hydrogen) atoms. The van der Waals surface area contributed by atoms with Gasteiger partial charge in [0.05, 0.1) is 12.2 Å². The van der Waals surface area contributed by atoms with Gasteiger partial charge in [0, 0.05) is 19.9 Å². The summed E-state index contributed by atoms with van der Waals surface area (Å²) in [6, 6.07) is 2.70. The molecule has 0 aliphatic rings. The third kappa shape index (κ3) is 4.92. The van der Waals surface area contributed by atoms with Crippen LogP contribution in [0.4, 0.5) is 5.82 Å². The number of carbonyl (C=O) groups is 2. The molecule has 7 heteroatoms. The number of methoxy groups -OCH3 is 1. The molecule has 0 radical (unpaired) electrons. The van der Waals surface area contributed by atoms with Crippen molar-refractivity contribution < 1.29 is 14.3 Å². The summed E-state index contributed by atoms with van der Waals surface area (Å²) in [5.41, 5.74) is 5.43. The summed E-state index contributed by atoms with van der Waals surface area (Å²) >= 11 is 0. The second-order valence-electron chi connectivity index (χ2n) is 3.95. The smallest absolute Gasteiger partial charge is 0.250 e. The largest absolute Gasteiger partial charge is 0.383 e. The molecule has 0 aliphatic carbocycles. The lowest BCUT2D eigenvalue weighted by atomic mass is 10.2. The summed E-state index contributed by atoms with van der Waals surface area (Å²) in [6.45, 7) is 2.63. The van der Waals surface area contributed by atoms with Gasteiger partial charge in [0.15, 0.2) is 0 Å². The first kappa shape index (κ1) is 14.9. The molecule has 0 spiro atoms. The van der Waals surface area contributed by atoms with Crippen LogP contribution in [0.15, 0.2) is 18.3 Å². The Morgan fingerprint density at radius 3 is 2.74 bits per heavy atom. The van der Waals surface area contributed by atoms with Crippen LogP contribution in [-0.4, -0.2) is 43.1 Å². The van der Waals surface area contributed by atoms with Crippen molar-refractivity contribution in [2.75, 3.05) is 25.6 Å². The number of pyridine rings is 1. The highest BCUT2D eigenvalue weighted by Gasteiger charge is 2.12. The van der Waals surface area contributed by atoms with Crippen molar-refractivity contribution in [2.45, 2.75) is 13.0 Å². The Bertz CT molecular complexity index is 433. The van der Waals surface area contributed by atoms with Crippen molar-refractivity contribution in [3.8, 4) is 0 Å². The van der Waals surface area contributed by atoms with Crippen LogP contribution in [0.2, 0.25) is 0 Å². The molecular formula is C12H18N4O3. The molecule has 4 N–H and O–H groups in total. The van der Waals surface area contributed by atoms with Crippen molar-refractivity contribution in [3.63, 3.8) is 0 Å². The standard InChI is InChI=1S/C12H18N4O3/c1-8(12(18)14-5-6-19-2)16-10-4-3-9(7-15-10)11(13)17/h3-4,7-8H,5-6H2,1-2H3,(H2,13,17)(H,14,18)(H,15,16). The van der Waals surface area contributed by atoms with E-state index in [1.165, 1.54) is 6.20 Å². The van der Waals surface area contributed by atoms with Crippen LogP contribution in [0.25, 0.3) is 0 Å². The number of aromatic nitrogens is 1. The van der Waals surface area contributed by atoms with Gasteiger partial charge in [0.2, 0.25) is 11.8 Å². The van der Waals surface area contributed by atoms with Crippen LogP contribution in [0, 0.1) is 0 Å². The number of nitrogens with two attached hydrogens (primary N) is 1. The average molecular weight is 266 g/mol. The zero-order valence-corrected chi connectivity index (χ0v) is 11.0. The maximum absolute atomic E-state index is 11.7. The fourth-order valence-electron chi connectivity index (χ4n) is 1.34. The van der Waals surface area contributed by atoms with E-state index in [9.17, 15) is 9.59 Å². The summed E-state index contributed by atoms with van der Waals surface area (Å²) < 4.78 is 4.83. The minimum atomic E-state index is -0.538. The molecule has 0 saturated carbocycles. The van der Waals surface area contributed by atoms with Gasteiger partial charge >= 0.3 is 0 Å². The van der Waals surface area contributed by atoms with E-state index >= 15 is 0 Å². The molecular weight excluding hydrogens is 248 g/mol. The average Bonchev–Trinajstić information content (AvgIpc) is 2.39. The summed E-state index contributed by atoms with van der Waals surface area (Å²) in [7, 11) is 1.57. The van der Waals surface area contributed by atoms with Crippen LogP contribution >= 0.6 is 0 Å². The summed E-state index contributed by atoms with van der Waals surface area (Å²) in [5, 5.41) is 5.62. The first-order valence-electron chi connectivity index (χ1n) is 5.83. The number of primary amides is 1. The molecule has 0 aliphatic heterocycles. The van der Waals surface area contributed by atoms with Gasteiger partial charge in [0.25, 0.3) is 0 Å². The van der Waals surface area contributed by atoms with Crippen molar-refractivity contribution >= 4 is 17.6 Å². The van der Waals surface area contributed by atoms with E-state index in [0.29, 0.717) is 24.5 Å². The minimum Gasteiger partial charge on any atom is -0.383 e. The molecule has 2 amide bonds. The number of hydrogen-bond acceptors (Lipinski definition) is 5. The van der Waals surface area contributed by atoms with E-state index in [2.05, 4.69) is 15.6 Å². The van der Waals surface area contributed by atoms with E-state index in [1.807, 2.05) is 0 Å². The predicted octanol–water partition coefficient (Wildman–Crippen LogP) is -0.256. The molecule has 1 rings (SSSR count). The van der Waals surface area contributed by atoms with Crippen molar-refractivity contribution in [3.05, 3.63) is 23.9 Å². The summed E-state index contributed by atoms with van der Waals surface area (Å²) in [5.74, 6) is -0.193. The van der Waals surface area contributed by atoms with Gasteiger partial charge in [0.1, 0.15) is 11.9 Å². The van der Waals surface area contributed by atoms with Crippen LogP contribution in [0.1, 0.15) is 17.3 Å². The Balaban J connectivity index is 2.49. The predicted molar refractivity (Wildman–Crippen MR) is 70.7 cm³/mol. The lowest BCUT2D eigenvalue weighted by molar-refractivity contribution is -0.121. The number of carbonyl (C=O) groups excluding carboxylic acids is 2. The second kappa shape index (κ2) is 7.32. The molecule has 0 fully saturated rings. The van der Waals surface area contributed by atoms with E-state index < -0.39 is 11.9 Å². The molecule has 7 nitrogen and oxygen atoms in total. The molecule has 0 saturated heterocycles. The Morgan fingerprint density at radius 2 is 2.21 bits per heavy atom. The van der Waals surface area contributed by atoms with Crippen LogP contribution in [-0.2, 0) is 9.53 Å². The van der Waals surface area contributed by atoms with Crippen LogP contribution < -0.4 is 16.4 Å². The first-order valence-corrected chi connectivity index (χ1v) is 5.83. The van der Waals surface area contributed by atoms with E-state index in [1.54, 1.807) is 26.2 Å². The third-order valence-corrected chi connectivity index (χ3v) is 2.41. The molecule has 1 aromatic heterocycles. The number of rotatable bonds is 7. The molecule has 0 bridgehead atoms. The molecule has 1 unspecified atom stereocenters. The van der Waals surface area contributed by atoms with E-state index in [0.717, 1.165) is 0 Å². The number of amides is 2. The van der Waals surface area contributed by atoms with Gasteiger partial charge in [-0.1, -0.05) is 0 Å². The lowest BCUT2D eigenvalue weighted by Crippen LogP contribution is -2.39. The molecule has 1 atom stereocenters. The molecule has 104 valence electrons. The molecule has 0 aromatic carbocycles. The quantitative estimate of drug-likeness (QED) is 0.590. The van der Waals surface area contributed by atoms with Gasteiger partial charge in [-0.15, -0.1) is 0 Å². The summed E-state index contributed by atoms with van der Waals surface area (Å²) in [4.78, 5) is 26.5. The van der Waals surface area contributed by atoms with Gasteiger partial charge in [-0.25, -0.2) is 4.98 Å². The highest BCUT2D eigenvalue weighted by atomic mass is 16.5. The first-order chi connectivity index (χ1) is 9.04. The monoisotopic (exact) mass is 266 g/mol. The highest BCUT2D eigenvalue weighted by molar-refractivity contribution is 5.92. The Morgan fingerprint density at radius 1 is 1.47 bits per heavy atom. The lowest BCUT2D eigenvalue weighted by Gasteiger charge is -2.14. The Kier molecular flexibility index (Phi) is 5.74. The molecule has 1 heterocycles. The number of anilines is 1. The van der Waals surface area contributed by atoms with E-state index in [4.69, 9.17) is 10.5 Å². The Hall–Kier alpha value is -2.15. The second-order valence-corrected chi connectivity index (χ2v) is 3.95. The van der Waals surface area contributed by atoms with E-state index in [-0.39, 0.29) is 5.91 Å². The number of ether oxygens (including phenoxy) is 1. The minimum absolute atomic E-state index is 0.155. The van der Waals surface area contributed by atoms with Crippen LogP contribution in [0.5, 0.6) is 0 Å². The third-order valence-electron chi connectivity index (χ3n) is 2.41. The maximum atomic E-state index is 11.7. The normalized spacial score (nSPS) is 11.7. The fourth-order valence-corrected chi connectivity index (χ4v) is 1.34. The summed E-state index contributed by atoms with van der Waals surface area (Å²) in [6.07, 6.45) is 1.36.